The van der Waals surface area contributed by atoms with Crippen LogP contribution in [-0.2, 0) is 6.42 Å². The van der Waals surface area contributed by atoms with Crippen molar-refractivity contribution in [3.63, 3.8) is 0 Å². The number of rotatable bonds is 3. The lowest BCUT2D eigenvalue weighted by Gasteiger charge is -2.14. The molecule has 0 aromatic heterocycles. The predicted octanol–water partition coefficient (Wildman–Crippen LogP) is 3.11. The fraction of sp³-hybridized carbons (Fsp3) is 0.235. The third-order valence-electron chi connectivity index (χ3n) is 3.60. The molecule has 1 unspecified atom stereocenters. The van der Waals surface area contributed by atoms with Crippen LogP contribution >= 0.6 is 0 Å². The summed E-state index contributed by atoms with van der Waals surface area (Å²) in [5.74, 6) is 0.855. The van der Waals surface area contributed by atoms with E-state index in [2.05, 4.69) is 5.32 Å². The quantitative estimate of drug-likeness (QED) is 0.928. The number of amides is 1. The molecule has 0 saturated carbocycles. The van der Waals surface area contributed by atoms with Crippen LogP contribution in [0.4, 0.5) is 0 Å². The molecule has 1 atom stereocenters. The summed E-state index contributed by atoms with van der Waals surface area (Å²) in [4.78, 5) is 12.3. The maximum absolute atomic E-state index is 12.3. The first kappa shape index (κ1) is 12.7. The SMILES string of the molecule is CC(NC(=O)c1ccc2c(c1)CCO2)c1ccccc1. The van der Waals surface area contributed by atoms with Crippen molar-refractivity contribution in [1.29, 1.82) is 0 Å². The van der Waals surface area contributed by atoms with Gasteiger partial charge in [0.1, 0.15) is 5.75 Å². The summed E-state index contributed by atoms with van der Waals surface area (Å²) in [6.07, 6.45) is 0.880. The van der Waals surface area contributed by atoms with E-state index in [1.165, 1.54) is 0 Å². The Kier molecular flexibility index (Phi) is 3.42. The molecule has 3 rings (SSSR count). The van der Waals surface area contributed by atoms with Crippen molar-refractivity contribution in [1.82, 2.24) is 5.32 Å². The standard InChI is InChI=1S/C17H17NO2/c1-12(13-5-3-2-4-6-13)18-17(19)15-7-8-16-14(11-15)9-10-20-16/h2-8,11-12H,9-10H2,1H3,(H,18,19). The van der Waals surface area contributed by atoms with E-state index in [1.54, 1.807) is 0 Å². The molecular formula is C17H17NO2. The number of fused-ring (bicyclic) bond motifs is 1. The maximum Gasteiger partial charge on any atom is 0.251 e. The molecule has 0 spiro atoms. The van der Waals surface area contributed by atoms with Gasteiger partial charge in [0, 0.05) is 12.0 Å². The van der Waals surface area contributed by atoms with Crippen LogP contribution in [0.5, 0.6) is 5.75 Å². The Labute approximate surface area is 118 Å². The first-order valence-corrected chi connectivity index (χ1v) is 6.85. The normalized spacial score (nSPS) is 14.2. The zero-order valence-corrected chi connectivity index (χ0v) is 11.4. The van der Waals surface area contributed by atoms with Gasteiger partial charge in [-0.25, -0.2) is 0 Å². The third-order valence-corrected chi connectivity index (χ3v) is 3.60. The van der Waals surface area contributed by atoms with Crippen LogP contribution in [-0.4, -0.2) is 12.5 Å². The van der Waals surface area contributed by atoms with Gasteiger partial charge < -0.3 is 10.1 Å². The lowest BCUT2D eigenvalue weighted by Crippen LogP contribution is -2.26. The van der Waals surface area contributed by atoms with Crippen LogP contribution in [0.15, 0.2) is 48.5 Å². The number of ether oxygens (including phenoxy) is 1. The summed E-state index contributed by atoms with van der Waals surface area (Å²) < 4.78 is 5.45. The van der Waals surface area contributed by atoms with E-state index in [4.69, 9.17) is 4.74 Å². The Morgan fingerprint density at radius 1 is 1.20 bits per heavy atom. The fourth-order valence-corrected chi connectivity index (χ4v) is 2.43. The summed E-state index contributed by atoms with van der Waals surface area (Å²) in [5.41, 5.74) is 2.91. The molecule has 20 heavy (non-hydrogen) atoms. The highest BCUT2D eigenvalue weighted by Gasteiger charge is 2.16. The van der Waals surface area contributed by atoms with Crippen molar-refractivity contribution in [2.45, 2.75) is 19.4 Å². The molecule has 0 bridgehead atoms. The van der Waals surface area contributed by atoms with Gasteiger partial charge in [0.2, 0.25) is 0 Å². The monoisotopic (exact) mass is 267 g/mol. The molecule has 2 aromatic carbocycles. The van der Waals surface area contributed by atoms with Gasteiger partial charge in [0.25, 0.3) is 5.91 Å². The van der Waals surface area contributed by atoms with Crippen molar-refractivity contribution in [2.75, 3.05) is 6.61 Å². The minimum absolute atomic E-state index is 0.00629. The number of benzene rings is 2. The van der Waals surface area contributed by atoms with Gasteiger partial charge in [-0.15, -0.1) is 0 Å². The Balaban J connectivity index is 1.73. The highest BCUT2D eigenvalue weighted by molar-refractivity contribution is 5.94. The van der Waals surface area contributed by atoms with E-state index < -0.39 is 0 Å². The number of carbonyl (C=O) groups excluding carboxylic acids is 1. The van der Waals surface area contributed by atoms with Gasteiger partial charge in [-0.2, -0.15) is 0 Å². The van der Waals surface area contributed by atoms with Crippen molar-refractivity contribution < 1.29 is 9.53 Å². The second kappa shape index (κ2) is 5.37. The molecule has 1 heterocycles. The molecule has 0 fully saturated rings. The maximum atomic E-state index is 12.3. The van der Waals surface area contributed by atoms with Crippen LogP contribution in [0.3, 0.4) is 0 Å². The van der Waals surface area contributed by atoms with Crippen LogP contribution < -0.4 is 10.1 Å². The lowest BCUT2D eigenvalue weighted by molar-refractivity contribution is 0.0940. The number of hydrogen-bond acceptors (Lipinski definition) is 2. The number of carbonyl (C=O) groups is 1. The average molecular weight is 267 g/mol. The lowest BCUT2D eigenvalue weighted by atomic mass is 10.1. The summed E-state index contributed by atoms with van der Waals surface area (Å²) in [6, 6.07) is 15.6. The fourth-order valence-electron chi connectivity index (χ4n) is 2.43. The minimum Gasteiger partial charge on any atom is -0.493 e. The van der Waals surface area contributed by atoms with Gasteiger partial charge in [-0.05, 0) is 36.2 Å². The minimum atomic E-state index is -0.0453. The van der Waals surface area contributed by atoms with Gasteiger partial charge in [0.05, 0.1) is 12.6 Å². The Bertz CT molecular complexity index is 622. The summed E-state index contributed by atoms with van der Waals surface area (Å²) >= 11 is 0. The second-order valence-electron chi connectivity index (χ2n) is 5.03. The van der Waals surface area contributed by atoms with Gasteiger partial charge >= 0.3 is 0 Å². The first-order chi connectivity index (χ1) is 9.74. The molecule has 3 heteroatoms. The van der Waals surface area contributed by atoms with Gasteiger partial charge in [-0.1, -0.05) is 30.3 Å². The van der Waals surface area contributed by atoms with E-state index >= 15 is 0 Å². The van der Waals surface area contributed by atoms with E-state index in [1.807, 2.05) is 55.5 Å². The molecule has 1 N–H and O–H groups in total. The van der Waals surface area contributed by atoms with Crippen LogP contribution in [0, 0.1) is 0 Å². The zero-order valence-electron chi connectivity index (χ0n) is 11.4. The summed E-state index contributed by atoms with van der Waals surface area (Å²) in [7, 11) is 0. The van der Waals surface area contributed by atoms with E-state index in [0.29, 0.717) is 12.2 Å². The Morgan fingerprint density at radius 3 is 2.80 bits per heavy atom. The van der Waals surface area contributed by atoms with Crippen LogP contribution in [0.25, 0.3) is 0 Å². The second-order valence-corrected chi connectivity index (χ2v) is 5.03. The van der Waals surface area contributed by atoms with Gasteiger partial charge in [-0.3, -0.25) is 4.79 Å². The topological polar surface area (TPSA) is 38.3 Å². The molecule has 0 aliphatic carbocycles. The average Bonchev–Trinajstić information content (AvgIpc) is 2.95. The zero-order chi connectivity index (χ0) is 13.9. The summed E-state index contributed by atoms with van der Waals surface area (Å²) in [6.45, 7) is 2.70. The molecule has 3 nitrogen and oxygen atoms in total. The molecule has 0 saturated heterocycles. The van der Waals surface area contributed by atoms with Crippen LogP contribution in [0.1, 0.15) is 34.5 Å². The van der Waals surface area contributed by atoms with Crippen molar-refractivity contribution >= 4 is 5.91 Å². The van der Waals surface area contributed by atoms with Crippen LogP contribution in [0.2, 0.25) is 0 Å². The smallest absolute Gasteiger partial charge is 0.251 e. The highest BCUT2D eigenvalue weighted by atomic mass is 16.5. The van der Waals surface area contributed by atoms with E-state index in [9.17, 15) is 4.79 Å². The molecule has 2 aromatic rings. The molecule has 0 radical (unpaired) electrons. The number of nitrogens with one attached hydrogen (secondary N) is 1. The first-order valence-electron chi connectivity index (χ1n) is 6.85. The molecule has 1 amide bonds. The van der Waals surface area contributed by atoms with Crippen molar-refractivity contribution in [2.24, 2.45) is 0 Å². The third kappa shape index (κ3) is 2.52. The van der Waals surface area contributed by atoms with E-state index in [-0.39, 0.29) is 11.9 Å². The number of hydrogen-bond donors (Lipinski definition) is 1. The Morgan fingerprint density at radius 2 is 2.00 bits per heavy atom. The summed E-state index contributed by atoms with van der Waals surface area (Å²) in [5, 5.41) is 3.02. The van der Waals surface area contributed by atoms with Crippen molar-refractivity contribution in [3.05, 3.63) is 65.2 Å². The van der Waals surface area contributed by atoms with Crippen molar-refractivity contribution in [3.8, 4) is 5.75 Å². The largest absolute Gasteiger partial charge is 0.493 e. The molecule has 102 valence electrons. The predicted molar refractivity (Wildman–Crippen MR) is 78.0 cm³/mol. The molecule has 1 aliphatic rings. The molecule has 1 aliphatic heterocycles. The Hall–Kier alpha value is -2.29. The van der Waals surface area contributed by atoms with Gasteiger partial charge in [0.15, 0.2) is 0 Å². The van der Waals surface area contributed by atoms with E-state index in [0.717, 1.165) is 23.3 Å². The molecular weight excluding hydrogens is 250 g/mol. The highest BCUT2D eigenvalue weighted by Crippen LogP contribution is 2.26.